The summed E-state index contributed by atoms with van der Waals surface area (Å²) in [5.41, 5.74) is 0.763. The highest BCUT2D eigenvalue weighted by Crippen LogP contribution is 2.25. The maximum absolute atomic E-state index is 12.1. The van der Waals surface area contributed by atoms with Crippen LogP contribution in [-0.4, -0.2) is 42.6 Å². The van der Waals surface area contributed by atoms with Crippen molar-refractivity contribution in [2.75, 3.05) is 20.3 Å². The predicted octanol–water partition coefficient (Wildman–Crippen LogP) is 2.06. The van der Waals surface area contributed by atoms with Gasteiger partial charge in [-0.1, -0.05) is 24.3 Å². The van der Waals surface area contributed by atoms with Crippen molar-refractivity contribution < 1.29 is 29.3 Å². The van der Waals surface area contributed by atoms with E-state index in [1.165, 1.54) is 0 Å². The largest absolute Gasteiger partial charge is 0.497 e. The van der Waals surface area contributed by atoms with Crippen molar-refractivity contribution >= 4 is 16.7 Å². The third-order valence-electron chi connectivity index (χ3n) is 3.72. The first kappa shape index (κ1) is 18.5. The van der Waals surface area contributed by atoms with Crippen LogP contribution >= 0.6 is 0 Å². The molecule has 0 aliphatic heterocycles. The van der Waals surface area contributed by atoms with Crippen LogP contribution in [0.2, 0.25) is 0 Å². The Kier molecular flexibility index (Phi) is 6.13. The number of aliphatic hydroxyl groups is 1. The Labute approximate surface area is 144 Å². The first-order chi connectivity index (χ1) is 11.9. The summed E-state index contributed by atoms with van der Waals surface area (Å²) in [6.07, 6.45) is -1.26. The quantitative estimate of drug-likeness (QED) is 0.441. The SMILES string of the molecule is COc1ccc2cc([C@H](C)C(=O)OC[C@H](O)CO[N+](=O)[O-])ccc2c1. The van der Waals surface area contributed by atoms with E-state index in [0.29, 0.717) is 0 Å². The number of esters is 1. The summed E-state index contributed by atoms with van der Waals surface area (Å²) in [7, 11) is 1.60. The molecule has 0 aromatic heterocycles. The van der Waals surface area contributed by atoms with E-state index in [1.807, 2.05) is 36.4 Å². The molecule has 0 saturated heterocycles. The Bertz CT molecular complexity index is 762. The zero-order valence-corrected chi connectivity index (χ0v) is 13.9. The van der Waals surface area contributed by atoms with Crippen molar-refractivity contribution in [3.05, 3.63) is 52.1 Å². The standard InChI is InChI=1S/C17H19NO7/c1-11(17(20)24-9-15(19)10-25-18(21)22)12-3-4-14-8-16(23-2)6-5-13(14)7-12/h3-8,11,15,19H,9-10H2,1-2H3/t11-,15-/m0/s1. The minimum atomic E-state index is -1.26. The van der Waals surface area contributed by atoms with Gasteiger partial charge >= 0.3 is 5.97 Å². The van der Waals surface area contributed by atoms with Gasteiger partial charge in [-0.3, -0.25) is 4.79 Å². The van der Waals surface area contributed by atoms with Crippen LogP contribution in [0.1, 0.15) is 18.4 Å². The van der Waals surface area contributed by atoms with E-state index in [1.54, 1.807) is 14.0 Å². The van der Waals surface area contributed by atoms with Crippen LogP contribution < -0.4 is 4.74 Å². The molecule has 0 heterocycles. The van der Waals surface area contributed by atoms with Crippen molar-refractivity contribution in [3.63, 3.8) is 0 Å². The summed E-state index contributed by atoms with van der Waals surface area (Å²) in [6.45, 7) is 0.765. The lowest BCUT2D eigenvalue weighted by Gasteiger charge is -2.15. The van der Waals surface area contributed by atoms with Crippen LogP contribution in [0.5, 0.6) is 5.75 Å². The van der Waals surface area contributed by atoms with Crippen molar-refractivity contribution in [2.45, 2.75) is 18.9 Å². The third-order valence-corrected chi connectivity index (χ3v) is 3.72. The topological polar surface area (TPSA) is 108 Å². The molecule has 0 bridgehead atoms. The molecule has 0 spiro atoms. The average Bonchev–Trinajstić information content (AvgIpc) is 2.62. The lowest BCUT2D eigenvalue weighted by atomic mass is 9.98. The smallest absolute Gasteiger partial charge is 0.313 e. The van der Waals surface area contributed by atoms with Crippen LogP contribution in [0.3, 0.4) is 0 Å². The molecule has 0 aliphatic rings. The van der Waals surface area contributed by atoms with Crippen LogP contribution in [0.25, 0.3) is 10.8 Å². The Morgan fingerprint density at radius 1 is 1.20 bits per heavy atom. The fraction of sp³-hybridized carbons (Fsp3) is 0.353. The third kappa shape index (κ3) is 5.05. The maximum atomic E-state index is 12.1. The minimum absolute atomic E-state index is 0.373. The second-order valence-corrected chi connectivity index (χ2v) is 5.50. The van der Waals surface area contributed by atoms with E-state index in [0.717, 1.165) is 22.1 Å². The summed E-state index contributed by atoms with van der Waals surface area (Å²) in [5, 5.41) is 20.4. The molecule has 2 aromatic rings. The summed E-state index contributed by atoms with van der Waals surface area (Å²) in [4.78, 5) is 26.2. The van der Waals surface area contributed by atoms with Crippen LogP contribution in [-0.2, 0) is 14.4 Å². The predicted molar refractivity (Wildman–Crippen MR) is 88.8 cm³/mol. The number of ether oxygens (including phenoxy) is 2. The zero-order valence-electron chi connectivity index (χ0n) is 13.9. The van der Waals surface area contributed by atoms with Gasteiger partial charge in [0.25, 0.3) is 5.09 Å². The average molecular weight is 349 g/mol. The molecule has 0 saturated carbocycles. The first-order valence-corrected chi connectivity index (χ1v) is 7.60. The highest BCUT2D eigenvalue weighted by atomic mass is 17.0. The number of methoxy groups -OCH3 is 1. The lowest BCUT2D eigenvalue weighted by molar-refractivity contribution is -0.759. The number of hydrogen-bond donors (Lipinski definition) is 1. The van der Waals surface area contributed by atoms with Crippen molar-refractivity contribution in [3.8, 4) is 5.75 Å². The number of carbonyl (C=O) groups is 1. The van der Waals surface area contributed by atoms with Crippen molar-refractivity contribution in [1.29, 1.82) is 0 Å². The van der Waals surface area contributed by atoms with Gasteiger partial charge in [0.2, 0.25) is 0 Å². The molecule has 134 valence electrons. The van der Waals surface area contributed by atoms with Crippen molar-refractivity contribution in [1.82, 2.24) is 0 Å². The van der Waals surface area contributed by atoms with Gasteiger partial charge in [-0.2, -0.15) is 0 Å². The highest BCUT2D eigenvalue weighted by molar-refractivity contribution is 5.86. The number of fused-ring (bicyclic) bond motifs is 1. The fourth-order valence-corrected chi connectivity index (χ4v) is 2.27. The molecular weight excluding hydrogens is 330 g/mol. The molecule has 0 amide bonds. The minimum Gasteiger partial charge on any atom is -0.497 e. The molecule has 8 nitrogen and oxygen atoms in total. The Morgan fingerprint density at radius 3 is 2.56 bits per heavy atom. The first-order valence-electron chi connectivity index (χ1n) is 7.60. The normalized spacial score (nSPS) is 13.1. The molecule has 0 unspecified atom stereocenters. The maximum Gasteiger partial charge on any atom is 0.313 e. The van der Waals surface area contributed by atoms with Gasteiger partial charge in [0.05, 0.1) is 13.0 Å². The summed E-state index contributed by atoms with van der Waals surface area (Å²) in [5.74, 6) is -0.332. The van der Waals surface area contributed by atoms with Crippen LogP contribution in [0, 0.1) is 10.1 Å². The number of rotatable bonds is 8. The molecular formula is C17H19NO7. The fourth-order valence-electron chi connectivity index (χ4n) is 2.27. The van der Waals surface area contributed by atoms with Gasteiger partial charge in [0.1, 0.15) is 25.1 Å². The number of nitrogens with zero attached hydrogens (tertiary/aromatic N) is 1. The molecule has 8 heteroatoms. The Hall–Kier alpha value is -2.87. The van der Waals surface area contributed by atoms with E-state index >= 15 is 0 Å². The van der Waals surface area contributed by atoms with E-state index in [9.17, 15) is 20.0 Å². The van der Waals surface area contributed by atoms with E-state index in [4.69, 9.17) is 9.47 Å². The number of aliphatic hydroxyl groups excluding tert-OH is 1. The van der Waals surface area contributed by atoms with Gasteiger partial charge in [0.15, 0.2) is 0 Å². The Balaban J connectivity index is 1.99. The lowest BCUT2D eigenvalue weighted by Crippen LogP contribution is -2.26. The van der Waals surface area contributed by atoms with Crippen molar-refractivity contribution in [2.24, 2.45) is 0 Å². The number of carbonyl (C=O) groups excluding carboxylic acids is 1. The van der Waals surface area contributed by atoms with E-state index in [2.05, 4.69) is 4.84 Å². The molecule has 1 N–H and O–H groups in total. The van der Waals surface area contributed by atoms with Gasteiger partial charge < -0.3 is 19.4 Å². The molecule has 2 aromatic carbocycles. The molecule has 0 radical (unpaired) electrons. The monoisotopic (exact) mass is 349 g/mol. The molecule has 25 heavy (non-hydrogen) atoms. The summed E-state index contributed by atoms with van der Waals surface area (Å²) >= 11 is 0. The van der Waals surface area contributed by atoms with Crippen LogP contribution in [0.15, 0.2) is 36.4 Å². The second-order valence-electron chi connectivity index (χ2n) is 5.50. The zero-order chi connectivity index (χ0) is 18.4. The molecule has 0 fully saturated rings. The Morgan fingerprint density at radius 2 is 1.88 bits per heavy atom. The van der Waals surface area contributed by atoms with Crippen LogP contribution in [0.4, 0.5) is 0 Å². The number of hydrogen-bond acceptors (Lipinski definition) is 7. The van der Waals surface area contributed by atoms with Gasteiger partial charge in [-0.25, -0.2) is 0 Å². The van der Waals surface area contributed by atoms with E-state index < -0.39 is 29.7 Å². The molecule has 2 atom stereocenters. The molecule has 2 rings (SSSR count). The summed E-state index contributed by atoms with van der Waals surface area (Å²) in [6, 6.07) is 11.2. The van der Waals surface area contributed by atoms with E-state index in [-0.39, 0.29) is 6.61 Å². The van der Waals surface area contributed by atoms with Gasteiger partial charge in [-0.15, -0.1) is 10.1 Å². The van der Waals surface area contributed by atoms with Gasteiger partial charge in [0, 0.05) is 0 Å². The number of benzene rings is 2. The second kappa shape index (κ2) is 8.29. The van der Waals surface area contributed by atoms with Gasteiger partial charge in [-0.05, 0) is 35.4 Å². The summed E-state index contributed by atoms with van der Waals surface area (Å²) < 4.78 is 10.2. The molecule has 0 aliphatic carbocycles. The highest BCUT2D eigenvalue weighted by Gasteiger charge is 2.19.